The molecular weight excluding hydrogens is 326 g/mol. The molecule has 0 unspecified atom stereocenters. The van der Waals surface area contributed by atoms with Gasteiger partial charge in [-0.1, -0.05) is 30.7 Å². The molecule has 2 aromatic rings. The topological polar surface area (TPSA) is 52.9 Å². The standard InChI is InChI=1S/C19H22ClNO3/c1-2-17(22)12-21-6-7-24-19-15(11-21)8-14(10-18(19)23)13-4-3-5-16(20)9-13/h3-5,8-10,17,22-23H,2,6-7,11-12H2,1H3/t17-/m0/s1. The highest BCUT2D eigenvalue weighted by Gasteiger charge is 2.21. The summed E-state index contributed by atoms with van der Waals surface area (Å²) in [7, 11) is 0. The molecule has 1 aliphatic heterocycles. The molecule has 0 radical (unpaired) electrons. The molecule has 0 amide bonds. The summed E-state index contributed by atoms with van der Waals surface area (Å²) < 4.78 is 5.74. The van der Waals surface area contributed by atoms with Gasteiger partial charge in [0, 0.05) is 30.2 Å². The quantitative estimate of drug-likeness (QED) is 0.886. The van der Waals surface area contributed by atoms with E-state index >= 15 is 0 Å². The molecule has 2 aromatic carbocycles. The van der Waals surface area contributed by atoms with Crippen LogP contribution in [0.15, 0.2) is 36.4 Å². The van der Waals surface area contributed by atoms with E-state index in [2.05, 4.69) is 4.90 Å². The second-order valence-electron chi connectivity index (χ2n) is 6.14. The van der Waals surface area contributed by atoms with Gasteiger partial charge >= 0.3 is 0 Å². The molecule has 0 fully saturated rings. The number of rotatable bonds is 4. The first-order valence-electron chi connectivity index (χ1n) is 8.22. The molecule has 0 saturated carbocycles. The summed E-state index contributed by atoms with van der Waals surface area (Å²) in [5, 5.41) is 21.0. The normalized spacial score (nSPS) is 16.1. The van der Waals surface area contributed by atoms with E-state index < -0.39 is 0 Å². The summed E-state index contributed by atoms with van der Waals surface area (Å²) in [6.07, 6.45) is 0.370. The van der Waals surface area contributed by atoms with E-state index in [0.717, 1.165) is 29.7 Å². The van der Waals surface area contributed by atoms with Gasteiger partial charge in [0.1, 0.15) is 6.61 Å². The zero-order valence-corrected chi connectivity index (χ0v) is 14.5. The van der Waals surface area contributed by atoms with Crippen LogP contribution in [0.3, 0.4) is 0 Å². The van der Waals surface area contributed by atoms with E-state index in [1.807, 2.05) is 37.3 Å². The first kappa shape index (κ1) is 17.1. The van der Waals surface area contributed by atoms with E-state index in [0.29, 0.717) is 30.5 Å². The van der Waals surface area contributed by atoms with Crippen LogP contribution in [-0.4, -0.2) is 40.9 Å². The molecule has 1 heterocycles. The summed E-state index contributed by atoms with van der Waals surface area (Å²) in [5.41, 5.74) is 2.77. The Labute approximate surface area is 147 Å². The first-order chi connectivity index (χ1) is 11.6. The lowest BCUT2D eigenvalue weighted by Gasteiger charge is -2.22. The van der Waals surface area contributed by atoms with E-state index in [1.165, 1.54) is 0 Å². The maximum atomic E-state index is 10.4. The number of phenolic OH excluding ortho intramolecular Hbond substituents is 1. The second kappa shape index (κ2) is 7.43. The Balaban J connectivity index is 1.93. The highest BCUT2D eigenvalue weighted by atomic mass is 35.5. The van der Waals surface area contributed by atoms with E-state index in [4.69, 9.17) is 16.3 Å². The maximum absolute atomic E-state index is 10.4. The lowest BCUT2D eigenvalue weighted by Crippen LogP contribution is -2.33. The lowest BCUT2D eigenvalue weighted by molar-refractivity contribution is 0.101. The number of aliphatic hydroxyl groups is 1. The Morgan fingerprint density at radius 2 is 2.08 bits per heavy atom. The van der Waals surface area contributed by atoms with Crippen molar-refractivity contribution in [3.63, 3.8) is 0 Å². The molecule has 0 aromatic heterocycles. The highest BCUT2D eigenvalue weighted by Crippen LogP contribution is 2.38. The minimum atomic E-state index is -0.351. The Hall–Kier alpha value is -1.75. The molecule has 24 heavy (non-hydrogen) atoms. The number of β-amino-alcohol motifs (C(OH)–C–C–N with tert-alkyl or cyclic N) is 1. The minimum absolute atomic E-state index is 0.139. The van der Waals surface area contributed by atoms with Crippen LogP contribution >= 0.6 is 11.6 Å². The first-order valence-corrected chi connectivity index (χ1v) is 8.59. The third-order valence-corrected chi connectivity index (χ3v) is 4.53. The number of aliphatic hydroxyl groups excluding tert-OH is 1. The van der Waals surface area contributed by atoms with Crippen molar-refractivity contribution >= 4 is 11.6 Å². The predicted octanol–water partition coefficient (Wildman–Crippen LogP) is 3.68. The van der Waals surface area contributed by atoms with Gasteiger partial charge in [0.25, 0.3) is 0 Å². The average molecular weight is 348 g/mol. The largest absolute Gasteiger partial charge is 0.504 e. The summed E-state index contributed by atoms with van der Waals surface area (Å²) >= 11 is 6.08. The summed E-state index contributed by atoms with van der Waals surface area (Å²) in [6, 6.07) is 11.3. The Morgan fingerprint density at radius 1 is 1.25 bits per heavy atom. The van der Waals surface area contributed by atoms with Gasteiger partial charge in [-0.15, -0.1) is 0 Å². The lowest BCUT2D eigenvalue weighted by atomic mass is 10.0. The SMILES string of the molecule is CC[C@H](O)CN1CCOc2c(O)cc(-c3cccc(Cl)c3)cc2C1. The van der Waals surface area contributed by atoms with Gasteiger partial charge in [0.2, 0.25) is 0 Å². The number of ether oxygens (including phenoxy) is 1. The highest BCUT2D eigenvalue weighted by molar-refractivity contribution is 6.30. The van der Waals surface area contributed by atoms with Gasteiger partial charge in [-0.05, 0) is 41.8 Å². The molecule has 4 nitrogen and oxygen atoms in total. The number of aromatic hydroxyl groups is 1. The number of fused-ring (bicyclic) bond motifs is 1. The number of nitrogens with zero attached hydrogens (tertiary/aromatic N) is 1. The summed E-state index contributed by atoms with van der Waals surface area (Å²) in [4.78, 5) is 2.15. The van der Waals surface area contributed by atoms with Crippen LogP contribution in [0.1, 0.15) is 18.9 Å². The number of phenols is 1. The molecule has 0 bridgehead atoms. The molecule has 1 aliphatic rings. The third kappa shape index (κ3) is 3.83. The third-order valence-electron chi connectivity index (χ3n) is 4.29. The van der Waals surface area contributed by atoms with Crippen LogP contribution in [0.2, 0.25) is 5.02 Å². The van der Waals surface area contributed by atoms with Crippen LogP contribution in [-0.2, 0) is 6.54 Å². The van der Waals surface area contributed by atoms with Gasteiger partial charge in [0.05, 0.1) is 6.10 Å². The van der Waals surface area contributed by atoms with Crippen molar-refractivity contribution in [1.82, 2.24) is 4.90 Å². The predicted molar refractivity (Wildman–Crippen MR) is 95.6 cm³/mol. The maximum Gasteiger partial charge on any atom is 0.165 e. The van der Waals surface area contributed by atoms with Crippen molar-refractivity contribution in [3.05, 3.63) is 47.0 Å². The molecule has 0 saturated heterocycles. The van der Waals surface area contributed by atoms with E-state index in [9.17, 15) is 10.2 Å². The van der Waals surface area contributed by atoms with Gasteiger partial charge in [-0.2, -0.15) is 0 Å². The van der Waals surface area contributed by atoms with Crippen molar-refractivity contribution in [2.45, 2.75) is 26.0 Å². The second-order valence-corrected chi connectivity index (χ2v) is 6.58. The molecule has 128 valence electrons. The zero-order valence-electron chi connectivity index (χ0n) is 13.7. The van der Waals surface area contributed by atoms with Crippen molar-refractivity contribution in [1.29, 1.82) is 0 Å². The molecule has 1 atom stereocenters. The smallest absolute Gasteiger partial charge is 0.165 e. The Morgan fingerprint density at radius 3 is 2.83 bits per heavy atom. The molecule has 0 aliphatic carbocycles. The monoisotopic (exact) mass is 347 g/mol. The summed E-state index contributed by atoms with van der Waals surface area (Å²) in [6.45, 7) is 4.41. The molecular formula is C19H22ClNO3. The van der Waals surface area contributed by atoms with Crippen molar-refractivity contribution in [2.75, 3.05) is 19.7 Å². The van der Waals surface area contributed by atoms with Gasteiger partial charge in [-0.25, -0.2) is 0 Å². The molecule has 3 rings (SSSR count). The van der Waals surface area contributed by atoms with Crippen LogP contribution in [0.4, 0.5) is 0 Å². The fourth-order valence-corrected chi connectivity index (χ4v) is 3.16. The molecule has 0 spiro atoms. The van der Waals surface area contributed by atoms with Crippen molar-refractivity contribution in [3.8, 4) is 22.6 Å². The van der Waals surface area contributed by atoms with Gasteiger partial charge in [-0.3, -0.25) is 4.90 Å². The van der Waals surface area contributed by atoms with Crippen molar-refractivity contribution < 1.29 is 14.9 Å². The molecule has 2 N–H and O–H groups in total. The van der Waals surface area contributed by atoms with Crippen molar-refractivity contribution in [2.24, 2.45) is 0 Å². The van der Waals surface area contributed by atoms with Crippen LogP contribution in [0, 0.1) is 0 Å². The Bertz CT molecular complexity index is 720. The Kier molecular flexibility index (Phi) is 5.29. The minimum Gasteiger partial charge on any atom is -0.504 e. The average Bonchev–Trinajstić information content (AvgIpc) is 2.76. The van der Waals surface area contributed by atoms with Gasteiger partial charge in [0.15, 0.2) is 11.5 Å². The van der Waals surface area contributed by atoms with Crippen LogP contribution in [0.25, 0.3) is 11.1 Å². The fraction of sp³-hybridized carbons (Fsp3) is 0.368. The summed E-state index contributed by atoms with van der Waals surface area (Å²) in [5.74, 6) is 0.676. The fourth-order valence-electron chi connectivity index (χ4n) is 2.97. The van der Waals surface area contributed by atoms with Gasteiger partial charge < -0.3 is 14.9 Å². The van der Waals surface area contributed by atoms with E-state index in [1.54, 1.807) is 6.07 Å². The number of benzene rings is 2. The number of hydrogen-bond acceptors (Lipinski definition) is 4. The van der Waals surface area contributed by atoms with E-state index in [-0.39, 0.29) is 11.9 Å². The number of halogens is 1. The van der Waals surface area contributed by atoms with Crippen LogP contribution < -0.4 is 4.74 Å². The molecule has 5 heteroatoms. The van der Waals surface area contributed by atoms with Crippen LogP contribution in [0.5, 0.6) is 11.5 Å². The zero-order chi connectivity index (χ0) is 17.1. The number of hydrogen-bond donors (Lipinski definition) is 2.